The Balaban J connectivity index is 1.66. The van der Waals surface area contributed by atoms with E-state index >= 15 is 0 Å². The van der Waals surface area contributed by atoms with E-state index in [4.69, 9.17) is 9.47 Å². The van der Waals surface area contributed by atoms with Gasteiger partial charge in [0.05, 0.1) is 20.1 Å². The Hall–Kier alpha value is -3.80. The van der Waals surface area contributed by atoms with E-state index in [1.807, 2.05) is 73.8 Å². The normalized spacial score (nSPS) is 17.3. The first-order valence-electron chi connectivity index (χ1n) is 11.4. The molecule has 0 saturated carbocycles. The van der Waals surface area contributed by atoms with E-state index < -0.39 is 5.92 Å². The molecule has 0 N–H and O–H groups in total. The van der Waals surface area contributed by atoms with E-state index in [0.29, 0.717) is 36.7 Å². The number of carbonyl (C=O) groups excluding carboxylic acids is 2. The zero-order valence-corrected chi connectivity index (χ0v) is 19.8. The van der Waals surface area contributed by atoms with Crippen LogP contribution in [0, 0.1) is 5.92 Å². The Morgan fingerprint density at radius 1 is 0.912 bits per heavy atom. The van der Waals surface area contributed by atoms with Crippen LogP contribution in [0.4, 0.5) is 0 Å². The summed E-state index contributed by atoms with van der Waals surface area (Å²) in [6, 6.07) is 24.7. The minimum absolute atomic E-state index is 0.00193. The lowest BCUT2D eigenvalue weighted by atomic mass is 9.87. The summed E-state index contributed by atoms with van der Waals surface area (Å²) in [5.74, 6) is 0.678. The lowest BCUT2D eigenvalue weighted by Crippen LogP contribution is -2.36. The first-order valence-corrected chi connectivity index (χ1v) is 11.4. The maximum Gasteiger partial charge on any atom is 0.253 e. The minimum atomic E-state index is -0.401. The van der Waals surface area contributed by atoms with Crippen LogP contribution >= 0.6 is 0 Å². The molecule has 1 saturated heterocycles. The number of nitrogens with zero attached hydrogens (tertiary/aromatic N) is 2. The molecule has 6 nitrogen and oxygen atoms in total. The molecule has 2 amide bonds. The van der Waals surface area contributed by atoms with Gasteiger partial charge >= 0.3 is 0 Å². The van der Waals surface area contributed by atoms with Crippen molar-refractivity contribution in [1.29, 1.82) is 0 Å². The summed E-state index contributed by atoms with van der Waals surface area (Å²) < 4.78 is 11.1. The van der Waals surface area contributed by atoms with Crippen molar-refractivity contribution in [2.24, 2.45) is 5.92 Å². The van der Waals surface area contributed by atoms with Gasteiger partial charge in [-0.25, -0.2) is 0 Å². The van der Waals surface area contributed by atoms with Crippen molar-refractivity contribution in [3.05, 3.63) is 95.6 Å². The molecule has 0 spiro atoms. The molecule has 4 rings (SSSR count). The maximum absolute atomic E-state index is 13.7. The summed E-state index contributed by atoms with van der Waals surface area (Å²) >= 11 is 0. The van der Waals surface area contributed by atoms with Gasteiger partial charge in [-0.05, 0) is 35.9 Å². The van der Waals surface area contributed by atoms with Gasteiger partial charge in [-0.1, -0.05) is 48.5 Å². The highest BCUT2D eigenvalue weighted by atomic mass is 16.5. The number of ether oxygens (including phenoxy) is 2. The van der Waals surface area contributed by atoms with Gasteiger partial charge in [0.25, 0.3) is 5.91 Å². The first-order chi connectivity index (χ1) is 16.5. The highest BCUT2D eigenvalue weighted by Gasteiger charge is 2.43. The molecule has 176 valence electrons. The molecule has 1 heterocycles. The molecule has 3 aromatic rings. The van der Waals surface area contributed by atoms with Crippen LogP contribution in [0.5, 0.6) is 11.5 Å². The van der Waals surface area contributed by atoms with Crippen molar-refractivity contribution in [3.63, 3.8) is 0 Å². The zero-order chi connectivity index (χ0) is 24.1. The molecule has 1 aliphatic rings. The molecule has 0 unspecified atom stereocenters. The molecule has 0 aliphatic carbocycles. The van der Waals surface area contributed by atoms with Gasteiger partial charge in [0.1, 0.15) is 11.5 Å². The topological polar surface area (TPSA) is 59.1 Å². The van der Waals surface area contributed by atoms with Crippen LogP contribution in [0.25, 0.3) is 0 Å². The third-order valence-electron chi connectivity index (χ3n) is 6.42. The van der Waals surface area contributed by atoms with Crippen LogP contribution in [0.1, 0.15) is 27.4 Å². The second kappa shape index (κ2) is 10.4. The average molecular weight is 459 g/mol. The Labute approximate surface area is 200 Å². The molecule has 0 bridgehead atoms. The van der Waals surface area contributed by atoms with Crippen LogP contribution in [-0.4, -0.2) is 56.0 Å². The molecule has 34 heavy (non-hydrogen) atoms. The maximum atomic E-state index is 13.7. The number of amides is 2. The lowest BCUT2D eigenvalue weighted by Gasteiger charge is -2.25. The summed E-state index contributed by atoms with van der Waals surface area (Å²) in [7, 11) is 5.05. The molecular weight excluding hydrogens is 428 g/mol. The number of likely N-dealkylation sites (tertiary alicyclic amines) is 1. The fourth-order valence-electron chi connectivity index (χ4n) is 4.65. The van der Waals surface area contributed by atoms with Crippen molar-refractivity contribution in [1.82, 2.24) is 9.80 Å². The van der Waals surface area contributed by atoms with E-state index in [-0.39, 0.29) is 17.7 Å². The smallest absolute Gasteiger partial charge is 0.253 e. The Morgan fingerprint density at radius 3 is 2.24 bits per heavy atom. The second-order valence-electron chi connectivity index (χ2n) is 8.58. The number of methoxy groups -OCH3 is 2. The SMILES string of the molecule is COc1ccc(OC)c([C@H]2CN(C(=O)c3ccccc3)C[C@H]2C(=O)N(C)Cc2ccccc2)c1. The Morgan fingerprint density at radius 2 is 1.59 bits per heavy atom. The van der Waals surface area contributed by atoms with E-state index in [1.54, 1.807) is 36.2 Å². The van der Waals surface area contributed by atoms with E-state index in [9.17, 15) is 9.59 Å². The van der Waals surface area contributed by atoms with Crippen molar-refractivity contribution in [2.45, 2.75) is 12.5 Å². The van der Waals surface area contributed by atoms with Crippen LogP contribution in [0.2, 0.25) is 0 Å². The summed E-state index contributed by atoms with van der Waals surface area (Å²) in [5.41, 5.74) is 2.55. The molecule has 3 aromatic carbocycles. The summed E-state index contributed by atoms with van der Waals surface area (Å²) in [4.78, 5) is 30.5. The molecule has 0 radical (unpaired) electrons. The Bertz CT molecular complexity index is 1130. The predicted molar refractivity (Wildman–Crippen MR) is 131 cm³/mol. The van der Waals surface area contributed by atoms with Crippen molar-refractivity contribution < 1.29 is 19.1 Å². The number of hydrogen-bond donors (Lipinski definition) is 0. The molecule has 1 aliphatic heterocycles. The lowest BCUT2D eigenvalue weighted by molar-refractivity contribution is -0.134. The predicted octanol–water partition coefficient (Wildman–Crippen LogP) is 4.22. The van der Waals surface area contributed by atoms with E-state index in [1.165, 1.54) is 0 Å². The van der Waals surface area contributed by atoms with E-state index in [0.717, 1.165) is 11.1 Å². The van der Waals surface area contributed by atoms with Crippen molar-refractivity contribution in [3.8, 4) is 11.5 Å². The second-order valence-corrected chi connectivity index (χ2v) is 8.58. The van der Waals surface area contributed by atoms with Crippen LogP contribution < -0.4 is 9.47 Å². The largest absolute Gasteiger partial charge is 0.497 e. The number of hydrogen-bond acceptors (Lipinski definition) is 4. The zero-order valence-electron chi connectivity index (χ0n) is 19.8. The molecule has 1 fully saturated rings. The molecule has 0 aromatic heterocycles. The van der Waals surface area contributed by atoms with Crippen molar-refractivity contribution in [2.75, 3.05) is 34.4 Å². The quantitative estimate of drug-likeness (QED) is 0.532. The van der Waals surface area contributed by atoms with Gasteiger partial charge in [-0.15, -0.1) is 0 Å². The third kappa shape index (κ3) is 4.91. The molecule has 2 atom stereocenters. The molecular formula is C28H30N2O4. The summed E-state index contributed by atoms with van der Waals surface area (Å²) in [6.07, 6.45) is 0. The van der Waals surface area contributed by atoms with Gasteiger partial charge in [0, 0.05) is 43.7 Å². The van der Waals surface area contributed by atoms with Gasteiger partial charge in [0.15, 0.2) is 0 Å². The van der Waals surface area contributed by atoms with Crippen LogP contribution in [0.15, 0.2) is 78.9 Å². The Kier molecular flexibility index (Phi) is 7.16. The van der Waals surface area contributed by atoms with Crippen molar-refractivity contribution >= 4 is 11.8 Å². The van der Waals surface area contributed by atoms with Gasteiger partial charge < -0.3 is 19.3 Å². The minimum Gasteiger partial charge on any atom is -0.497 e. The van der Waals surface area contributed by atoms with Crippen LogP contribution in [-0.2, 0) is 11.3 Å². The van der Waals surface area contributed by atoms with Crippen LogP contribution in [0.3, 0.4) is 0 Å². The van der Waals surface area contributed by atoms with Gasteiger partial charge in [0.2, 0.25) is 5.91 Å². The fraction of sp³-hybridized carbons (Fsp3) is 0.286. The number of benzene rings is 3. The van der Waals surface area contributed by atoms with Gasteiger partial charge in [-0.3, -0.25) is 9.59 Å². The molecule has 6 heteroatoms. The highest BCUT2D eigenvalue weighted by molar-refractivity contribution is 5.95. The summed E-state index contributed by atoms with van der Waals surface area (Å²) in [5, 5.41) is 0. The van der Waals surface area contributed by atoms with E-state index in [2.05, 4.69) is 0 Å². The van der Waals surface area contributed by atoms with Gasteiger partial charge in [-0.2, -0.15) is 0 Å². The average Bonchev–Trinajstić information content (AvgIpc) is 3.33. The highest BCUT2D eigenvalue weighted by Crippen LogP contribution is 2.40. The third-order valence-corrected chi connectivity index (χ3v) is 6.42. The number of carbonyl (C=O) groups is 2. The summed E-state index contributed by atoms with van der Waals surface area (Å²) in [6.45, 7) is 1.27. The standard InChI is InChI=1S/C28H30N2O4/c1-29(17-20-10-6-4-7-11-20)28(32)25-19-30(27(31)21-12-8-5-9-13-21)18-24(25)23-16-22(33-2)14-15-26(23)34-3/h4-16,24-25H,17-19H2,1-3H3/t24-,25-/m1/s1. The monoisotopic (exact) mass is 458 g/mol. The number of rotatable bonds is 7. The first kappa shape index (κ1) is 23.4. The fourth-order valence-corrected chi connectivity index (χ4v) is 4.65.